The van der Waals surface area contributed by atoms with Crippen molar-refractivity contribution >= 4 is 41.1 Å². The number of hydrogen-bond donors (Lipinski definition) is 2. The van der Waals surface area contributed by atoms with E-state index in [4.69, 9.17) is 21.1 Å². The number of ketones is 1. The van der Waals surface area contributed by atoms with E-state index in [0.29, 0.717) is 17.9 Å². The number of benzene rings is 1. The maximum absolute atomic E-state index is 12.5. The largest absolute Gasteiger partial charge is 0.496 e. The molecule has 3 atom stereocenters. The van der Waals surface area contributed by atoms with Crippen LogP contribution < -0.4 is 15.5 Å². The number of rotatable bonds is 4. The van der Waals surface area contributed by atoms with Crippen LogP contribution in [0.2, 0.25) is 0 Å². The first kappa shape index (κ1) is 19.9. The number of ether oxygens (including phenoxy) is 2. The molecule has 1 aromatic carbocycles. The molecular formula is C19H20ClN3O5. The Labute approximate surface area is 166 Å². The highest BCUT2D eigenvalue weighted by atomic mass is 35.5. The van der Waals surface area contributed by atoms with Crippen molar-refractivity contribution in [3.63, 3.8) is 0 Å². The Bertz CT molecular complexity index is 839. The van der Waals surface area contributed by atoms with Crippen LogP contribution in [0.5, 0.6) is 5.75 Å². The van der Waals surface area contributed by atoms with Crippen LogP contribution in [0.1, 0.15) is 19.3 Å². The summed E-state index contributed by atoms with van der Waals surface area (Å²) in [5, 5.41) is 6.07. The van der Waals surface area contributed by atoms with Crippen LogP contribution in [0.4, 0.5) is 5.69 Å². The quantitative estimate of drug-likeness (QED) is 0.345. The van der Waals surface area contributed by atoms with Crippen LogP contribution in [0, 0.1) is 5.92 Å². The van der Waals surface area contributed by atoms with E-state index >= 15 is 0 Å². The third-order valence-corrected chi connectivity index (χ3v) is 5.04. The van der Waals surface area contributed by atoms with E-state index in [1.165, 1.54) is 19.6 Å². The molecule has 1 aliphatic carbocycles. The van der Waals surface area contributed by atoms with Crippen LogP contribution in [-0.2, 0) is 19.1 Å². The lowest BCUT2D eigenvalue weighted by molar-refractivity contribution is -0.136. The number of hydrogen-bond acceptors (Lipinski definition) is 6. The standard InChI is InChI=1S/C19H20ClN3O5/c1-27-16-5-3-2-4-14(16)22-18(25)19(26)23-21-9-11-10-28-15-7-6-12(20)8-13(15)17(11)24/h2-5,9-10,12-13,15H,6-8H2,1H3,(H,22,25)(H,23,26)/b21-9+. The second-order valence-electron chi connectivity index (χ2n) is 6.48. The van der Waals surface area contributed by atoms with E-state index in [2.05, 4.69) is 15.8 Å². The number of methoxy groups -OCH3 is 1. The molecule has 0 bridgehead atoms. The Kier molecular flexibility index (Phi) is 6.30. The Morgan fingerprint density at radius 1 is 1.29 bits per heavy atom. The highest BCUT2D eigenvalue weighted by Crippen LogP contribution is 2.34. The number of alkyl halides is 1. The third kappa shape index (κ3) is 4.51. The first-order chi connectivity index (χ1) is 13.5. The molecule has 0 saturated heterocycles. The van der Waals surface area contributed by atoms with Crippen molar-refractivity contribution in [2.45, 2.75) is 30.7 Å². The zero-order valence-electron chi connectivity index (χ0n) is 15.2. The number of nitrogens with zero attached hydrogens (tertiary/aromatic N) is 1. The topological polar surface area (TPSA) is 106 Å². The first-order valence-electron chi connectivity index (χ1n) is 8.81. The molecule has 148 valence electrons. The molecule has 9 heteroatoms. The van der Waals surface area contributed by atoms with Gasteiger partial charge in [0.15, 0.2) is 5.78 Å². The van der Waals surface area contributed by atoms with Gasteiger partial charge in [0.05, 0.1) is 36.8 Å². The van der Waals surface area contributed by atoms with Crippen LogP contribution in [0.25, 0.3) is 0 Å². The fourth-order valence-electron chi connectivity index (χ4n) is 3.20. The van der Waals surface area contributed by atoms with E-state index in [1.54, 1.807) is 24.3 Å². The fraction of sp³-hybridized carbons (Fsp3) is 0.368. The summed E-state index contributed by atoms with van der Waals surface area (Å²) in [6.07, 6.45) is 4.42. The van der Waals surface area contributed by atoms with E-state index in [9.17, 15) is 14.4 Å². The second-order valence-corrected chi connectivity index (χ2v) is 7.10. The number of Topliss-reactive ketones (excluding diaryl/α,β-unsaturated/α-hetero) is 1. The summed E-state index contributed by atoms with van der Waals surface area (Å²) >= 11 is 6.15. The average Bonchev–Trinajstić information content (AvgIpc) is 2.70. The molecule has 0 aromatic heterocycles. The minimum absolute atomic E-state index is 0.0523. The van der Waals surface area contributed by atoms with Gasteiger partial charge in [0.2, 0.25) is 0 Å². The number of anilines is 1. The molecule has 3 rings (SSSR count). The monoisotopic (exact) mass is 405 g/mol. The predicted molar refractivity (Wildman–Crippen MR) is 103 cm³/mol. The molecule has 1 saturated carbocycles. The number of nitrogens with one attached hydrogen (secondary N) is 2. The van der Waals surface area contributed by atoms with Gasteiger partial charge in [-0.25, -0.2) is 5.43 Å². The number of hydrazone groups is 1. The molecule has 1 aliphatic heterocycles. The van der Waals surface area contributed by atoms with Crippen molar-refractivity contribution in [3.8, 4) is 5.75 Å². The van der Waals surface area contributed by atoms with E-state index in [1.807, 2.05) is 0 Å². The second kappa shape index (κ2) is 8.88. The normalized spacial score (nSPS) is 24.0. The van der Waals surface area contributed by atoms with Gasteiger partial charge < -0.3 is 14.8 Å². The molecule has 2 aliphatic rings. The summed E-state index contributed by atoms with van der Waals surface area (Å²) in [4.78, 5) is 36.4. The summed E-state index contributed by atoms with van der Waals surface area (Å²) in [6, 6.07) is 6.68. The average molecular weight is 406 g/mol. The SMILES string of the molecule is COc1ccccc1NC(=O)C(=O)N/N=C/C1=COC2CCC(Cl)CC2C1=O. The van der Waals surface area contributed by atoms with Crippen molar-refractivity contribution < 1.29 is 23.9 Å². The summed E-state index contributed by atoms with van der Waals surface area (Å²) in [7, 11) is 1.45. The van der Waals surface area contributed by atoms with Gasteiger partial charge in [0.25, 0.3) is 0 Å². The maximum Gasteiger partial charge on any atom is 0.329 e. The van der Waals surface area contributed by atoms with Crippen molar-refractivity contribution in [3.05, 3.63) is 36.1 Å². The molecule has 3 unspecified atom stereocenters. The summed E-state index contributed by atoms with van der Waals surface area (Å²) in [5.74, 6) is -1.92. The molecule has 0 spiro atoms. The summed E-state index contributed by atoms with van der Waals surface area (Å²) < 4.78 is 10.7. The molecule has 2 N–H and O–H groups in total. The summed E-state index contributed by atoms with van der Waals surface area (Å²) in [5.41, 5.74) is 2.67. The number of amides is 2. The molecule has 2 amide bonds. The molecule has 1 heterocycles. The Morgan fingerprint density at radius 2 is 2.07 bits per heavy atom. The van der Waals surface area contributed by atoms with Gasteiger partial charge in [-0.2, -0.15) is 5.10 Å². The van der Waals surface area contributed by atoms with Gasteiger partial charge in [0.1, 0.15) is 11.9 Å². The third-order valence-electron chi connectivity index (χ3n) is 4.65. The Hall–Kier alpha value is -2.87. The number of carbonyl (C=O) groups excluding carboxylic acids is 3. The molecule has 8 nitrogen and oxygen atoms in total. The van der Waals surface area contributed by atoms with Gasteiger partial charge in [-0.3, -0.25) is 14.4 Å². The van der Waals surface area contributed by atoms with Crippen LogP contribution >= 0.6 is 11.6 Å². The fourth-order valence-corrected chi connectivity index (χ4v) is 3.51. The molecule has 1 fully saturated rings. The highest BCUT2D eigenvalue weighted by Gasteiger charge is 2.39. The van der Waals surface area contributed by atoms with E-state index in [-0.39, 0.29) is 28.8 Å². The van der Waals surface area contributed by atoms with Gasteiger partial charge in [-0.15, -0.1) is 11.6 Å². The summed E-state index contributed by atoms with van der Waals surface area (Å²) in [6.45, 7) is 0. The first-order valence-corrected chi connectivity index (χ1v) is 9.24. The van der Waals surface area contributed by atoms with Gasteiger partial charge in [0, 0.05) is 5.38 Å². The lowest BCUT2D eigenvalue weighted by Crippen LogP contribution is -2.40. The number of para-hydroxylation sites is 2. The number of fused-ring (bicyclic) bond motifs is 1. The minimum atomic E-state index is -0.983. The molecule has 28 heavy (non-hydrogen) atoms. The minimum Gasteiger partial charge on any atom is -0.496 e. The van der Waals surface area contributed by atoms with Crippen molar-refractivity contribution in [1.82, 2.24) is 5.43 Å². The molecule has 0 radical (unpaired) electrons. The molecule has 1 aromatic rings. The smallest absolute Gasteiger partial charge is 0.329 e. The van der Waals surface area contributed by atoms with E-state index < -0.39 is 11.8 Å². The predicted octanol–water partition coefficient (Wildman–Crippen LogP) is 1.99. The maximum atomic E-state index is 12.5. The number of carbonyl (C=O) groups is 3. The Balaban J connectivity index is 1.56. The molecular weight excluding hydrogens is 386 g/mol. The lowest BCUT2D eigenvalue weighted by atomic mass is 9.80. The van der Waals surface area contributed by atoms with Crippen LogP contribution in [0.3, 0.4) is 0 Å². The highest BCUT2D eigenvalue weighted by molar-refractivity contribution is 6.39. The van der Waals surface area contributed by atoms with Gasteiger partial charge >= 0.3 is 11.8 Å². The van der Waals surface area contributed by atoms with Crippen LogP contribution in [0.15, 0.2) is 41.2 Å². The lowest BCUT2D eigenvalue weighted by Gasteiger charge is -2.35. The zero-order valence-corrected chi connectivity index (χ0v) is 15.9. The van der Waals surface area contributed by atoms with Gasteiger partial charge in [-0.1, -0.05) is 12.1 Å². The number of halogens is 1. The number of allylic oxidation sites excluding steroid dienone is 1. The zero-order chi connectivity index (χ0) is 20.1. The van der Waals surface area contributed by atoms with Crippen molar-refractivity contribution in [2.75, 3.05) is 12.4 Å². The van der Waals surface area contributed by atoms with E-state index in [0.717, 1.165) is 12.8 Å². The van der Waals surface area contributed by atoms with Crippen molar-refractivity contribution in [1.29, 1.82) is 0 Å². The van der Waals surface area contributed by atoms with Crippen molar-refractivity contribution in [2.24, 2.45) is 11.0 Å². The Morgan fingerprint density at radius 3 is 2.86 bits per heavy atom. The van der Waals surface area contributed by atoms with Crippen LogP contribution in [-0.4, -0.2) is 42.4 Å². The van der Waals surface area contributed by atoms with Gasteiger partial charge in [-0.05, 0) is 31.4 Å².